The SMILES string of the molecule is C=C(C)C1=CN(CCC(=O)OCO)C(=O)C[C@@]1(C)c1ccc(CCC(C)(C)C)c(Cl)c1. The van der Waals surface area contributed by atoms with Gasteiger partial charge in [-0.25, -0.2) is 0 Å². The van der Waals surface area contributed by atoms with Crippen LogP contribution in [-0.2, 0) is 26.2 Å². The quantitative estimate of drug-likeness (QED) is 0.442. The van der Waals surface area contributed by atoms with Crippen LogP contribution in [0.15, 0.2) is 42.1 Å². The van der Waals surface area contributed by atoms with Crippen LogP contribution >= 0.6 is 11.6 Å². The number of benzene rings is 1. The first-order valence-corrected chi connectivity index (χ1v) is 11.0. The zero-order chi connectivity index (χ0) is 23.4. The topological polar surface area (TPSA) is 66.8 Å². The van der Waals surface area contributed by atoms with Crippen LogP contribution in [-0.4, -0.2) is 35.2 Å². The molecule has 31 heavy (non-hydrogen) atoms. The number of aliphatic hydroxyl groups excluding tert-OH is 1. The van der Waals surface area contributed by atoms with Gasteiger partial charge in [0.25, 0.3) is 0 Å². The molecule has 1 aliphatic heterocycles. The van der Waals surface area contributed by atoms with Gasteiger partial charge in [0.1, 0.15) is 0 Å². The second-order valence-electron chi connectivity index (χ2n) is 9.68. The number of amides is 1. The molecule has 1 N–H and O–H groups in total. The number of aryl methyl sites for hydroxylation is 1. The van der Waals surface area contributed by atoms with Crippen molar-refractivity contribution in [3.8, 4) is 0 Å². The number of allylic oxidation sites excluding steroid dienone is 2. The molecule has 0 aromatic heterocycles. The molecule has 0 fully saturated rings. The molecule has 0 saturated heterocycles. The first-order chi connectivity index (χ1) is 14.4. The summed E-state index contributed by atoms with van der Waals surface area (Å²) >= 11 is 6.64. The van der Waals surface area contributed by atoms with Crippen LogP contribution in [0.5, 0.6) is 0 Å². The number of hydrogen-bond acceptors (Lipinski definition) is 4. The molecule has 170 valence electrons. The molecular formula is C25H34ClNO4. The Bertz CT molecular complexity index is 884. The van der Waals surface area contributed by atoms with Crippen molar-refractivity contribution in [3.05, 3.63) is 58.3 Å². The summed E-state index contributed by atoms with van der Waals surface area (Å²) in [5.74, 6) is -0.635. The lowest BCUT2D eigenvalue weighted by Gasteiger charge is -2.40. The number of hydrogen-bond donors (Lipinski definition) is 1. The Labute approximate surface area is 190 Å². The van der Waals surface area contributed by atoms with Crippen LogP contribution in [0.4, 0.5) is 0 Å². The van der Waals surface area contributed by atoms with Crippen molar-refractivity contribution >= 4 is 23.5 Å². The van der Waals surface area contributed by atoms with Crippen molar-refractivity contribution in [1.82, 2.24) is 4.90 Å². The molecule has 0 spiro atoms. The summed E-state index contributed by atoms with van der Waals surface area (Å²) in [7, 11) is 0. The van der Waals surface area contributed by atoms with Crippen molar-refractivity contribution in [2.45, 2.75) is 65.7 Å². The van der Waals surface area contributed by atoms with Gasteiger partial charge in [-0.1, -0.05) is 63.6 Å². The number of aliphatic hydroxyl groups is 1. The third-order valence-electron chi connectivity index (χ3n) is 5.78. The summed E-state index contributed by atoms with van der Waals surface area (Å²) in [6.45, 7) is 14.2. The molecule has 1 atom stereocenters. The molecule has 0 radical (unpaired) electrons. The molecule has 0 saturated carbocycles. The lowest BCUT2D eigenvalue weighted by Crippen LogP contribution is -2.42. The van der Waals surface area contributed by atoms with Crippen molar-refractivity contribution < 1.29 is 19.4 Å². The first kappa shape index (κ1) is 25.2. The fraction of sp³-hybridized carbons (Fsp3) is 0.520. The van der Waals surface area contributed by atoms with E-state index in [9.17, 15) is 9.59 Å². The van der Waals surface area contributed by atoms with E-state index in [0.29, 0.717) is 5.02 Å². The largest absolute Gasteiger partial charge is 0.439 e. The van der Waals surface area contributed by atoms with Crippen molar-refractivity contribution in [2.75, 3.05) is 13.3 Å². The number of nitrogens with zero attached hydrogens (tertiary/aromatic N) is 1. The van der Waals surface area contributed by atoms with E-state index < -0.39 is 18.2 Å². The van der Waals surface area contributed by atoms with E-state index in [0.717, 1.165) is 35.1 Å². The maximum atomic E-state index is 12.9. The van der Waals surface area contributed by atoms with Crippen LogP contribution in [0.2, 0.25) is 5.02 Å². The van der Waals surface area contributed by atoms with Gasteiger partial charge in [-0.2, -0.15) is 0 Å². The molecule has 1 aliphatic rings. The van der Waals surface area contributed by atoms with Gasteiger partial charge in [0.2, 0.25) is 5.91 Å². The molecule has 5 nitrogen and oxygen atoms in total. The van der Waals surface area contributed by atoms with Crippen LogP contribution in [0.3, 0.4) is 0 Å². The average molecular weight is 448 g/mol. The first-order valence-electron chi connectivity index (χ1n) is 10.6. The van der Waals surface area contributed by atoms with Crippen molar-refractivity contribution in [1.29, 1.82) is 0 Å². The second kappa shape index (κ2) is 10.0. The zero-order valence-corrected chi connectivity index (χ0v) is 20.0. The minimum absolute atomic E-state index is 0.0112. The third kappa shape index (κ3) is 6.44. The number of carbonyl (C=O) groups excluding carboxylic acids is 2. The van der Waals surface area contributed by atoms with Gasteiger partial charge in [0.15, 0.2) is 6.79 Å². The number of halogens is 1. The Morgan fingerprint density at radius 1 is 1.35 bits per heavy atom. The van der Waals surface area contributed by atoms with Gasteiger partial charge in [0, 0.05) is 29.6 Å². The minimum atomic E-state index is -0.662. The molecule has 6 heteroatoms. The number of esters is 1. The van der Waals surface area contributed by atoms with Gasteiger partial charge in [-0.05, 0) is 47.9 Å². The highest BCUT2D eigenvalue weighted by Crippen LogP contribution is 2.43. The fourth-order valence-electron chi connectivity index (χ4n) is 3.86. The molecule has 0 unspecified atom stereocenters. The molecule has 1 aromatic rings. The highest BCUT2D eigenvalue weighted by molar-refractivity contribution is 6.31. The molecular weight excluding hydrogens is 414 g/mol. The van der Waals surface area contributed by atoms with E-state index in [4.69, 9.17) is 16.7 Å². The second-order valence-corrected chi connectivity index (χ2v) is 10.1. The summed E-state index contributed by atoms with van der Waals surface area (Å²) in [5.41, 5.74) is 3.53. The zero-order valence-electron chi connectivity index (χ0n) is 19.3. The van der Waals surface area contributed by atoms with Crippen molar-refractivity contribution in [3.63, 3.8) is 0 Å². The van der Waals surface area contributed by atoms with Crippen LogP contribution in [0.1, 0.15) is 65.0 Å². The van der Waals surface area contributed by atoms with E-state index in [-0.39, 0.29) is 30.7 Å². The molecule has 1 amide bonds. The summed E-state index contributed by atoms with van der Waals surface area (Å²) in [6.07, 6.45) is 3.98. The number of carbonyl (C=O) groups is 2. The normalized spacial score (nSPS) is 19.3. The van der Waals surface area contributed by atoms with Gasteiger partial charge in [-0.3, -0.25) is 9.59 Å². The Morgan fingerprint density at radius 2 is 2.03 bits per heavy atom. The average Bonchev–Trinajstić information content (AvgIpc) is 2.65. The van der Waals surface area contributed by atoms with Crippen molar-refractivity contribution in [2.24, 2.45) is 5.41 Å². The molecule has 2 rings (SSSR count). The molecule has 1 heterocycles. The van der Waals surface area contributed by atoms with E-state index >= 15 is 0 Å². The van der Waals surface area contributed by atoms with Crippen LogP contribution in [0.25, 0.3) is 0 Å². The summed E-state index contributed by atoms with van der Waals surface area (Å²) in [5, 5.41) is 9.41. The Hall–Kier alpha value is -2.11. The van der Waals surface area contributed by atoms with Gasteiger partial charge in [-0.15, -0.1) is 0 Å². The fourth-order valence-corrected chi connectivity index (χ4v) is 4.13. The van der Waals surface area contributed by atoms with Crippen LogP contribution in [0, 0.1) is 5.41 Å². The summed E-state index contributed by atoms with van der Waals surface area (Å²) in [4.78, 5) is 26.0. The third-order valence-corrected chi connectivity index (χ3v) is 6.13. The standard InChI is InChI=1S/C25H34ClNO4/c1-17(2)20-15-27(12-10-23(30)31-16-28)22(29)14-25(20,6)19-8-7-18(21(26)13-19)9-11-24(3,4)5/h7-8,13,15,28H,1,9-12,14,16H2,2-6H3/t25-/m0/s1. The van der Waals surface area contributed by atoms with E-state index in [1.165, 1.54) is 4.90 Å². The highest BCUT2D eigenvalue weighted by Gasteiger charge is 2.39. The Morgan fingerprint density at radius 3 is 2.58 bits per heavy atom. The monoisotopic (exact) mass is 447 g/mol. The van der Waals surface area contributed by atoms with Gasteiger partial charge >= 0.3 is 5.97 Å². The predicted octanol–water partition coefficient (Wildman–Crippen LogP) is 5.15. The highest BCUT2D eigenvalue weighted by atomic mass is 35.5. The lowest BCUT2D eigenvalue weighted by molar-refractivity contribution is -0.152. The summed E-state index contributed by atoms with van der Waals surface area (Å²) < 4.78 is 4.54. The van der Waals surface area contributed by atoms with E-state index in [1.807, 2.05) is 19.9 Å². The maximum Gasteiger partial charge on any atom is 0.309 e. The smallest absolute Gasteiger partial charge is 0.309 e. The maximum absolute atomic E-state index is 12.9. The van der Waals surface area contributed by atoms with Gasteiger partial charge in [0.05, 0.1) is 6.42 Å². The molecule has 0 bridgehead atoms. The van der Waals surface area contributed by atoms with E-state index in [1.54, 1.807) is 6.20 Å². The Kier molecular flexibility index (Phi) is 8.12. The minimum Gasteiger partial charge on any atom is -0.439 e. The molecule has 1 aromatic carbocycles. The number of ether oxygens (including phenoxy) is 1. The predicted molar refractivity (Wildman–Crippen MR) is 124 cm³/mol. The Balaban J connectivity index is 2.31. The van der Waals surface area contributed by atoms with Gasteiger partial charge < -0.3 is 14.7 Å². The molecule has 0 aliphatic carbocycles. The lowest BCUT2D eigenvalue weighted by atomic mass is 9.69. The van der Waals surface area contributed by atoms with Crippen LogP contribution < -0.4 is 0 Å². The van der Waals surface area contributed by atoms with E-state index in [2.05, 4.69) is 44.2 Å². The summed E-state index contributed by atoms with van der Waals surface area (Å²) in [6, 6.07) is 6.09. The number of rotatable bonds is 8.